The van der Waals surface area contributed by atoms with Gasteiger partial charge in [0.2, 0.25) is 6.79 Å². The van der Waals surface area contributed by atoms with Crippen LogP contribution in [0.3, 0.4) is 0 Å². The first-order valence-corrected chi connectivity index (χ1v) is 6.61. The number of hydrogen-bond donors (Lipinski definition) is 2. The van der Waals surface area contributed by atoms with E-state index in [1.54, 1.807) is 12.1 Å². The molecular formula is C12H14BrClN2O3. The van der Waals surface area contributed by atoms with Gasteiger partial charge in [-0.2, -0.15) is 0 Å². The van der Waals surface area contributed by atoms with Crippen molar-refractivity contribution in [2.45, 2.75) is 0 Å². The molecule has 1 saturated heterocycles. The number of amides is 1. The van der Waals surface area contributed by atoms with Gasteiger partial charge in [0.05, 0.1) is 4.47 Å². The second-order valence-electron chi connectivity index (χ2n) is 4.43. The van der Waals surface area contributed by atoms with E-state index in [2.05, 4.69) is 26.6 Å². The Labute approximate surface area is 125 Å². The van der Waals surface area contributed by atoms with Crippen molar-refractivity contribution in [1.29, 1.82) is 0 Å². The Hall–Kier alpha value is -0.980. The van der Waals surface area contributed by atoms with E-state index in [-0.39, 0.29) is 25.1 Å². The third-order valence-corrected chi connectivity index (χ3v) is 3.70. The molecule has 1 aromatic rings. The molecule has 0 radical (unpaired) electrons. The highest BCUT2D eigenvalue weighted by Gasteiger charge is 2.21. The van der Waals surface area contributed by atoms with Gasteiger partial charge >= 0.3 is 0 Å². The van der Waals surface area contributed by atoms with E-state index in [1.807, 2.05) is 0 Å². The molecule has 104 valence electrons. The Morgan fingerprint density at radius 3 is 2.89 bits per heavy atom. The number of hydrogen-bond acceptors (Lipinski definition) is 4. The van der Waals surface area contributed by atoms with Crippen LogP contribution in [-0.4, -0.2) is 32.3 Å². The Bertz CT molecular complexity index is 494. The largest absolute Gasteiger partial charge is 0.454 e. The van der Waals surface area contributed by atoms with Crippen molar-refractivity contribution in [2.75, 3.05) is 26.4 Å². The van der Waals surface area contributed by atoms with Crippen molar-refractivity contribution >= 4 is 34.2 Å². The van der Waals surface area contributed by atoms with Crippen LogP contribution >= 0.6 is 28.3 Å². The van der Waals surface area contributed by atoms with Crippen LogP contribution in [0.2, 0.25) is 0 Å². The Morgan fingerprint density at radius 2 is 2.21 bits per heavy atom. The molecule has 0 atom stereocenters. The summed E-state index contributed by atoms with van der Waals surface area (Å²) in [6, 6.07) is 3.46. The highest BCUT2D eigenvalue weighted by Crippen LogP contribution is 2.39. The Kier molecular flexibility index (Phi) is 4.54. The third-order valence-electron chi connectivity index (χ3n) is 3.11. The maximum Gasteiger partial charge on any atom is 0.251 e. The summed E-state index contributed by atoms with van der Waals surface area (Å²) < 4.78 is 11.3. The van der Waals surface area contributed by atoms with E-state index in [9.17, 15) is 4.79 Å². The van der Waals surface area contributed by atoms with Crippen molar-refractivity contribution in [2.24, 2.45) is 5.92 Å². The summed E-state index contributed by atoms with van der Waals surface area (Å²) in [4.78, 5) is 12.0. The number of benzene rings is 1. The van der Waals surface area contributed by atoms with E-state index in [0.29, 0.717) is 29.5 Å². The van der Waals surface area contributed by atoms with Crippen LogP contribution in [0, 0.1) is 5.92 Å². The van der Waals surface area contributed by atoms with Gasteiger partial charge in [0.15, 0.2) is 11.5 Å². The zero-order valence-electron chi connectivity index (χ0n) is 10.1. The van der Waals surface area contributed by atoms with Crippen LogP contribution in [0.4, 0.5) is 0 Å². The summed E-state index contributed by atoms with van der Waals surface area (Å²) in [5.41, 5.74) is 0.582. The average Bonchev–Trinajstić information content (AvgIpc) is 2.75. The summed E-state index contributed by atoms with van der Waals surface area (Å²) in [5.74, 6) is 1.74. The number of rotatable bonds is 3. The van der Waals surface area contributed by atoms with Crippen LogP contribution < -0.4 is 20.1 Å². The average molecular weight is 350 g/mol. The van der Waals surface area contributed by atoms with Gasteiger partial charge in [0, 0.05) is 31.1 Å². The minimum Gasteiger partial charge on any atom is -0.454 e. The van der Waals surface area contributed by atoms with Gasteiger partial charge in [-0.15, -0.1) is 12.4 Å². The van der Waals surface area contributed by atoms with Crippen molar-refractivity contribution in [3.8, 4) is 11.5 Å². The highest BCUT2D eigenvalue weighted by molar-refractivity contribution is 9.10. The van der Waals surface area contributed by atoms with E-state index >= 15 is 0 Å². The molecule has 0 aliphatic carbocycles. The zero-order chi connectivity index (χ0) is 12.5. The molecule has 0 unspecified atom stereocenters. The second kappa shape index (κ2) is 5.98. The van der Waals surface area contributed by atoms with Crippen LogP contribution in [0.15, 0.2) is 16.6 Å². The first kappa shape index (κ1) is 14.4. The lowest BCUT2D eigenvalue weighted by Crippen LogP contribution is -2.48. The van der Waals surface area contributed by atoms with Gasteiger partial charge in [0.1, 0.15) is 0 Å². The molecular weight excluding hydrogens is 336 g/mol. The highest BCUT2D eigenvalue weighted by atomic mass is 79.9. The number of carbonyl (C=O) groups excluding carboxylic acids is 1. The van der Waals surface area contributed by atoms with Gasteiger partial charge in [-0.25, -0.2) is 0 Å². The fourth-order valence-corrected chi connectivity index (χ4v) is 2.49. The third kappa shape index (κ3) is 2.96. The molecule has 0 bridgehead atoms. The molecule has 0 saturated carbocycles. The molecule has 5 nitrogen and oxygen atoms in total. The van der Waals surface area contributed by atoms with Crippen LogP contribution in [0.1, 0.15) is 10.4 Å². The quantitative estimate of drug-likeness (QED) is 0.869. The van der Waals surface area contributed by atoms with E-state index in [4.69, 9.17) is 9.47 Å². The normalized spacial score (nSPS) is 16.5. The molecule has 2 N–H and O–H groups in total. The predicted molar refractivity (Wildman–Crippen MR) is 76.2 cm³/mol. The first-order chi connectivity index (χ1) is 8.74. The van der Waals surface area contributed by atoms with Crippen molar-refractivity contribution < 1.29 is 14.3 Å². The topological polar surface area (TPSA) is 59.6 Å². The summed E-state index contributed by atoms with van der Waals surface area (Å²) >= 11 is 3.38. The molecule has 1 fully saturated rings. The smallest absolute Gasteiger partial charge is 0.251 e. The molecule has 2 aliphatic heterocycles. The molecule has 19 heavy (non-hydrogen) atoms. The fourth-order valence-electron chi connectivity index (χ4n) is 1.93. The minimum absolute atomic E-state index is 0. The van der Waals surface area contributed by atoms with Crippen LogP contribution in [0.25, 0.3) is 0 Å². The lowest BCUT2D eigenvalue weighted by Gasteiger charge is -2.27. The van der Waals surface area contributed by atoms with Gasteiger partial charge in [-0.05, 0) is 28.1 Å². The SMILES string of the molecule is Cl.O=C(NCC1CNC1)c1cc(Br)c2c(c1)OCO2. The number of nitrogens with one attached hydrogen (secondary N) is 2. The zero-order valence-corrected chi connectivity index (χ0v) is 12.5. The maximum atomic E-state index is 12.0. The van der Waals surface area contributed by atoms with Crippen molar-refractivity contribution in [1.82, 2.24) is 10.6 Å². The van der Waals surface area contributed by atoms with E-state index in [1.165, 1.54) is 0 Å². The lowest BCUT2D eigenvalue weighted by atomic mass is 10.0. The van der Waals surface area contributed by atoms with E-state index in [0.717, 1.165) is 17.6 Å². The predicted octanol–water partition coefficient (Wildman–Crippen LogP) is 1.55. The Morgan fingerprint density at radius 1 is 1.42 bits per heavy atom. The van der Waals surface area contributed by atoms with Gasteiger partial charge in [0.25, 0.3) is 5.91 Å². The van der Waals surface area contributed by atoms with Gasteiger partial charge < -0.3 is 20.1 Å². The number of carbonyl (C=O) groups is 1. The first-order valence-electron chi connectivity index (χ1n) is 5.82. The van der Waals surface area contributed by atoms with Gasteiger partial charge in [-0.3, -0.25) is 4.79 Å². The molecule has 1 aromatic carbocycles. The summed E-state index contributed by atoms with van der Waals surface area (Å²) in [6.07, 6.45) is 0. The molecule has 2 aliphatic rings. The molecule has 7 heteroatoms. The molecule has 1 amide bonds. The summed E-state index contributed by atoms with van der Waals surface area (Å²) in [6.45, 7) is 2.86. The number of fused-ring (bicyclic) bond motifs is 1. The van der Waals surface area contributed by atoms with Crippen LogP contribution in [-0.2, 0) is 0 Å². The van der Waals surface area contributed by atoms with Crippen molar-refractivity contribution in [3.05, 3.63) is 22.2 Å². The maximum absolute atomic E-state index is 12.0. The van der Waals surface area contributed by atoms with Crippen LogP contribution in [0.5, 0.6) is 11.5 Å². The Balaban J connectivity index is 0.00000133. The molecule has 3 rings (SSSR count). The number of ether oxygens (including phenoxy) is 2. The lowest BCUT2D eigenvalue weighted by molar-refractivity contribution is 0.0941. The molecule has 0 aromatic heterocycles. The number of halogens is 2. The summed E-state index contributed by atoms with van der Waals surface area (Å²) in [5, 5.41) is 6.10. The second-order valence-corrected chi connectivity index (χ2v) is 5.28. The fraction of sp³-hybridized carbons (Fsp3) is 0.417. The van der Waals surface area contributed by atoms with E-state index < -0.39 is 0 Å². The standard InChI is InChI=1S/C12H13BrN2O3.ClH/c13-9-1-8(2-10-11(9)18-6-17-10)12(16)15-5-7-3-14-4-7;/h1-2,7,14H,3-6H2,(H,15,16);1H. The minimum atomic E-state index is -0.0825. The van der Waals surface area contributed by atoms with Crippen molar-refractivity contribution in [3.63, 3.8) is 0 Å². The molecule has 2 heterocycles. The summed E-state index contributed by atoms with van der Waals surface area (Å²) in [7, 11) is 0. The van der Waals surface area contributed by atoms with Gasteiger partial charge in [-0.1, -0.05) is 0 Å². The monoisotopic (exact) mass is 348 g/mol. The molecule has 0 spiro atoms.